The minimum atomic E-state index is 0.00954. The van der Waals surface area contributed by atoms with Crippen LogP contribution in [0, 0.1) is 5.92 Å². The van der Waals surface area contributed by atoms with E-state index in [1.807, 2.05) is 17.8 Å². The first-order valence-electron chi connectivity index (χ1n) is 5.09. The molecule has 0 saturated carbocycles. The molecule has 0 bridgehead atoms. The molecule has 4 heteroatoms. The first-order valence-corrected chi connectivity index (χ1v) is 5.09. The van der Waals surface area contributed by atoms with Crippen molar-refractivity contribution >= 4 is 0 Å². The van der Waals surface area contributed by atoms with Crippen molar-refractivity contribution in [3.63, 3.8) is 0 Å². The highest BCUT2D eigenvalue weighted by Crippen LogP contribution is 2.25. The Kier molecular flexibility index (Phi) is 2.84. The minimum Gasteiger partial charge on any atom is -0.381 e. The Labute approximate surface area is 84.1 Å². The van der Waals surface area contributed by atoms with Crippen LogP contribution in [0.5, 0.6) is 0 Å². The van der Waals surface area contributed by atoms with E-state index in [1.54, 1.807) is 6.20 Å². The van der Waals surface area contributed by atoms with E-state index in [-0.39, 0.29) is 6.04 Å². The number of aryl methyl sites for hydroxylation is 1. The van der Waals surface area contributed by atoms with Crippen LogP contribution in [-0.4, -0.2) is 22.8 Å². The van der Waals surface area contributed by atoms with E-state index in [4.69, 9.17) is 10.5 Å². The van der Waals surface area contributed by atoms with Gasteiger partial charge in [0.15, 0.2) is 0 Å². The van der Waals surface area contributed by atoms with Gasteiger partial charge in [0.1, 0.15) is 5.82 Å². The van der Waals surface area contributed by atoms with E-state index in [0.717, 1.165) is 31.9 Å². The fraction of sp³-hybridized carbons (Fsp3) is 0.700. The molecule has 14 heavy (non-hydrogen) atoms. The van der Waals surface area contributed by atoms with Gasteiger partial charge in [-0.25, -0.2) is 4.98 Å². The Balaban J connectivity index is 2.07. The van der Waals surface area contributed by atoms with Crippen molar-refractivity contribution in [2.45, 2.75) is 18.9 Å². The summed E-state index contributed by atoms with van der Waals surface area (Å²) in [5.41, 5.74) is 6.15. The van der Waals surface area contributed by atoms with Crippen LogP contribution in [0.3, 0.4) is 0 Å². The summed E-state index contributed by atoms with van der Waals surface area (Å²) in [5.74, 6) is 1.38. The van der Waals surface area contributed by atoms with Crippen molar-refractivity contribution in [2.24, 2.45) is 18.7 Å². The van der Waals surface area contributed by atoms with E-state index >= 15 is 0 Å². The van der Waals surface area contributed by atoms with Crippen LogP contribution in [0.1, 0.15) is 24.7 Å². The van der Waals surface area contributed by atoms with E-state index in [2.05, 4.69) is 4.98 Å². The van der Waals surface area contributed by atoms with Gasteiger partial charge in [-0.2, -0.15) is 0 Å². The molecule has 0 aromatic carbocycles. The van der Waals surface area contributed by atoms with Gasteiger partial charge >= 0.3 is 0 Å². The number of nitrogens with zero attached hydrogens (tertiary/aromatic N) is 2. The summed E-state index contributed by atoms with van der Waals surface area (Å²) in [6.45, 7) is 1.65. The maximum atomic E-state index is 6.15. The van der Waals surface area contributed by atoms with Crippen molar-refractivity contribution < 1.29 is 4.74 Å². The Morgan fingerprint density at radius 2 is 2.57 bits per heavy atom. The molecule has 4 nitrogen and oxygen atoms in total. The highest BCUT2D eigenvalue weighted by molar-refractivity contribution is 5.00. The second-order valence-corrected chi connectivity index (χ2v) is 3.90. The Morgan fingerprint density at radius 1 is 1.71 bits per heavy atom. The van der Waals surface area contributed by atoms with Gasteiger partial charge in [0.05, 0.1) is 12.6 Å². The maximum absolute atomic E-state index is 6.15. The molecular weight excluding hydrogens is 178 g/mol. The third-order valence-corrected chi connectivity index (χ3v) is 2.86. The lowest BCUT2D eigenvalue weighted by Gasteiger charge is -2.27. The number of rotatable bonds is 2. The number of ether oxygens (including phenoxy) is 1. The third kappa shape index (κ3) is 1.81. The molecule has 1 saturated heterocycles. The van der Waals surface area contributed by atoms with Gasteiger partial charge in [0.25, 0.3) is 0 Å². The lowest BCUT2D eigenvalue weighted by atomic mass is 9.94. The molecule has 1 fully saturated rings. The zero-order valence-corrected chi connectivity index (χ0v) is 8.52. The van der Waals surface area contributed by atoms with Crippen LogP contribution in [0.4, 0.5) is 0 Å². The smallest absolute Gasteiger partial charge is 0.125 e. The molecule has 1 aliphatic heterocycles. The number of aromatic nitrogens is 2. The summed E-state index contributed by atoms with van der Waals surface area (Å²) in [6, 6.07) is 0.00954. The molecular formula is C10H17N3O. The van der Waals surface area contributed by atoms with Crippen LogP contribution in [0.25, 0.3) is 0 Å². The van der Waals surface area contributed by atoms with E-state index in [1.165, 1.54) is 0 Å². The van der Waals surface area contributed by atoms with Crippen molar-refractivity contribution in [3.05, 3.63) is 18.2 Å². The number of nitrogens with two attached hydrogens (primary N) is 1. The summed E-state index contributed by atoms with van der Waals surface area (Å²) < 4.78 is 7.41. The summed E-state index contributed by atoms with van der Waals surface area (Å²) in [4.78, 5) is 4.27. The number of hydrogen-bond acceptors (Lipinski definition) is 3. The van der Waals surface area contributed by atoms with Gasteiger partial charge in [-0.15, -0.1) is 0 Å². The summed E-state index contributed by atoms with van der Waals surface area (Å²) >= 11 is 0. The standard InChI is InChI=1S/C10H17N3O/c1-13-5-4-12-10(13)9(11)8-3-2-6-14-7-8/h4-5,8-9H,2-3,6-7,11H2,1H3/t8-,9-/m1/s1. The normalized spacial score (nSPS) is 24.9. The van der Waals surface area contributed by atoms with Crippen LogP contribution < -0.4 is 5.73 Å². The first-order chi connectivity index (χ1) is 6.79. The average molecular weight is 195 g/mol. The van der Waals surface area contributed by atoms with Crippen LogP contribution in [-0.2, 0) is 11.8 Å². The molecule has 0 unspecified atom stereocenters. The molecule has 2 heterocycles. The largest absolute Gasteiger partial charge is 0.381 e. The van der Waals surface area contributed by atoms with Crippen molar-refractivity contribution in [1.82, 2.24) is 9.55 Å². The van der Waals surface area contributed by atoms with Gasteiger partial charge < -0.3 is 15.0 Å². The average Bonchev–Trinajstić information content (AvgIpc) is 2.65. The van der Waals surface area contributed by atoms with Gasteiger partial charge in [0, 0.05) is 32.0 Å². The fourth-order valence-electron chi connectivity index (χ4n) is 1.96. The van der Waals surface area contributed by atoms with Crippen molar-refractivity contribution in [2.75, 3.05) is 13.2 Å². The second kappa shape index (κ2) is 4.11. The fourth-order valence-corrected chi connectivity index (χ4v) is 1.96. The topological polar surface area (TPSA) is 53.1 Å². The SMILES string of the molecule is Cn1ccnc1[C@H](N)[C@@H]1CCCOC1. The lowest BCUT2D eigenvalue weighted by molar-refractivity contribution is 0.0433. The summed E-state index contributed by atoms with van der Waals surface area (Å²) in [5, 5.41) is 0. The van der Waals surface area contributed by atoms with Crippen LogP contribution in [0.15, 0.2) is 12.4 Å². The second-order valence-electron chi connectivity index (χ2n) is 3.90. The van der Waals surface area contributed by atoms with E-state index in [9.17, 15) is 0 Å². The first kappa shape index (κ1) is 9.68. The summed E-state index contributed by atoms with van der Waals surface area (Å²) in [6.07, 6.45) is 5.98. The molecule has 1 aromatic heterocycles. The monoisotopic (exact) mass is 195 g/mol. The van der Waals surface area contributed by atoms with Crippen LogP contribution in [0.2, 0.25) is 0 Å². The number of imidazole rings is 1. The quantitative estimate of drug-likeness (QED) is 0.761. The van der Waals surface area contributed by atoms with Gasteiger partial charge in [-0.05, 0) is 12.8 Å². The number of hydrogen-bond donors (Lipinski definition) is 1. The van der Waals surface area contributed by atoms with Crippen LogP contribution >= 0.6 is 0 Å². The highest BCUT2D eigenvalue weighted by atomic mass is 16.5. The minimum absolute atomic E-state index is 0.00954. The maximum Gasteiger partial charge on any atom is 0.125 e. The molecule has 1 aliphatic rings. The lowest BCUT2D eigenvalue weighted by Crippen LogP contribution is -2.30. The Hall–Kier alpha value is -0.870. The molecule has 1 aromatic rings. The molecule has 0 aliphatic carbocycles. The van der Waals surface area contributed by atoms with Gasteiger partial charge in [0.2, 0.25) is 0 Å². The van der Waals surface area contributed by atoms with Gasteiger partial charge in [-0.3, -0.25) is 0 Å². The molecule has 78 valence electrons. The van der Waals surface area contributed by atoms with Crippen molar-refractivity contribution in [3.8, 4) is 0 Å². The zero-order chi connectivity index (χ0) is 9.97. The highest BCUT2D eigenvalue weighted by Gasteiger charge is 2.24. The molecule has 2 N–H and O–H groups in total. The van der Waals surface area contributed by atoms with Gasteiger partial charge in [-0.1, -0.05) is 0 Å². The van der Waals surface area contributed by atoms with E-state index in [0.29, 0.717) is 5.92 Å². The molecule has 2 rings (SSSR count). The predicted octanol–water partition coefficient (Wildman–Crippen LogP) is 0.846. The Morgan fingerprint density at radius 3 is 3.14 bits per heavy atom. The zero-order valence-electron chi connectivity index (χ0n) is 8.52. The molecule has 0 radical (unpaired) electrons. The molecule has 0 amide bonds. The molecule has 0 spiro atoms. The van der Waals surface area contributed by atoms with E-state index < -0.39 is 0 Å². The third-order valence-electron chi connectivity index (χ3n) is 2.86. The predicted molar refractivity (Wildman–Crippen MR) is 53.7 cm³/mol. The summed E-state index contributed by atoms with van der Waals surface area (Å²) in [7, 11) is 1.98. The Bertz CT molecular complexity index is 291. The van der Waals surface area contributed by atoms with Crippen molar-refractivity contribution in [1.29, 1.82) is 0 Å². The molecule has 2 atom stereocenters.